The first kappa shape index (κ1) is 20.2. The van der Waals surface area contributed by atoms with Crippen molar-refractivity contribution in [1.29, 1.82) is 0 Å². The zero-order valence-corrected chi connectivity index (χ0v) is 20.9. The molecule has 8 rings (SSSR count). The Kier molecular flexibility index (Phi) is 3.58. The monoisotopic (exact) mass is 466 g/mol. The van der Waals surface area contributed by atoms with Crippen LogP contribution in [0.5, 0.6) is 23.0 Å². The molecule has 0 bridgehead atoms. The minimum atomic E-state index is -0.148. The van der Waals surface area contributed by atoms with Crippen molar-refractivity contribution >= 4 is 32.3 Å². The first-order valence-electron chi connectivity index (χ1n) is 12.7. The van der Waals surface area contributed by atoms with Crippen LogP contribution in [0.15, 0.2) is 84.9 Å². The third kappa shape index (κ3) is 2.32. The summed E-state index contributed by atoms with van der Waals surface area (Å²) in [5.41, 5.74) is 4.64. The summed E-state index contributed by atoms with van der Waals surface area (Å²) in [4.78, 5) is 0. The van der Waals surface area contributed by atoms with Gasteiger partial charge in [-0.3, -0.25) is 0 Å². The van der Waals surface area contributed by atoms with E-state index in [1.807, 2.05) is 0 Å². The lowest BCUT2D eigenvalue weighted by molar-refractivity contribution is 0.422. The molecule has 0 atom stereocenters. The van der Waals surface area contributed by atoms with E-state index in [4.69, 9.17) is 9.47 Å². The molecule has 6 aromatic rings. The van der Waals surface area contributed by atoms with E-state index in [0.717, 1.165) is 23.0 Å². The van der Waals surface area contributed by atoms with Crippen molar-refractivity contribution < 1.29 is 9.47 Å². The van der Waals surface area contributed by atoms with Gasteiger partial charge < -0.3 is 9.47 Å². The van der Waals surface area contributed by atoms with Crippen LogP contribution < -0.4 is 9.47 Å². The Bertz CT molecular complexity index is 1750. The van der Waals surface area contributed by atoms with E-state index in [-0.39, 0.29) is 10.8 Å². The van der Waals surface area contributed by atoms with E-state index in [2.05, 4.69) is 113 Å². The van der Waals surface area contributed by atoms with Crippen molar-refractivity contribution in [2.45, 2.75) is 38.5 Å². The Morgan fingerprint density at radius 3 is 1.33 bits per heavy atom. The van der Waals surface area contributed by atoms with Gasteiger partial charge in [-0.15, -0.1) is 0 Å². The van der Waals surface area contributed by atoms with Crippen molar-refractivity contribution in [3.05, 3.63) is 107 Å². The molecule has 0 N–H and O–H groups in total. The van der Waals surface area contributed by atoms with Crippen LogP contribution >= 0.6 is 0 Å². The molecule has 0 fully saturated rings. The highest BCUT2D eigenvalue weighted by molar-refractivity contribution is 6.26. The van der Waals surface area contributed by atoms with Crippen molar-refractivity contribution in [3.8, 4) is 23.0 Å². The van der Waals surface area contributed by atoms with Crippen LogP contribution in [0.25, 0.3) is 32.3 Å². The van der Waals surface area contributed by atoms with Crippen molar-refractivity contribution in [3.63, 3.8) is 0 Å². The highest BCUT2D eigenvalue weighted by Crippen LogP contribution is 2.56. The number of benzene rings is 6. The lowest BCUT2D eigenvalue weighted by Gasteiger charge is -2.37. The smallest absolute Gasteiger partial charge is 0.139 e. The van der Waals surface area contributed by atoms with Gasteiger partial charge in [0.05, 0.1) is 0 Å². The SMILES string of the molecule is CC1(C)c2ccccc2Oc2c1cc1ccc3cc4c(c5ccc2c1c35)Oc1ccccc1C4(C)C. The summed E-state index contributed by atoms with van der Waals surface area (Å²) < 4.78 is 13.3. The van der Waals surface area contributed by atoms with Gasteiger partial charge in [0.1, 0.15) is 23.0 Å². The van der Waals surface area contributed by atoms with Crippen molar-refractivity contribution in [2.24, 2.45) is 0 Å². The summed E-state index contributed by atoms with van der Waals surface area (Å²) in [6.07, 6.45) is 0. The predicted molar refractivity (Wildman–Crippen MR) is 147 cm³/mol. The van der Waals surface area contributed by atoms with Crippen LogP contribution in [0.3, 0.4) is 0 Å². The Morgan fingerprint density at radius 2 is 0.889 bits per heavy atom. The lowest BCUT2D eigenvalue weighted by atomic mass is 9.73. The molecule has 0 spiro atoms. The van der Waals surface area contributed by atoms with Crippen LogP contribution in [0, 0.1) is 0 Å². The molecule has 0 radical (unpaired) electrons. The maximum Gasteiger partial charge on any atom is 0.139 e. The fourth-order valence-corrected chi connectivity index (χ4v) is 6.70. The van der Waals surface area contributed by atoms with Crippen LogP contribution in [0.2, 0.25) is 0 Å². The Labute approximate surface area is 210 Å². The summed E-state index contributed by atoms with van der Waals surface area (Å²) in [7, 11) is 0. The second-order valence-electron chi connectivity index (χ2n) is 11.4. The maximum atomic E-state index is 6.63. The minimum absolute atomic E-state index is 0.148. The molecule has 174 valence electrons. The molecule has 0 saturated carbocycles. The number of ether oxygens (including phenoxy) is 2. The van der Waals surface area contributed by atoms with E-state index in [1.165, 1.54) is 54.6 Å². The standard InChI is InChI=1S/C34H26O2/c1-33(2)23-9-5-7-11-27(23)35-31-21-15-16-22-30-20(14-13-19(29(21)30)17-25(31)33)18-26-32(22)36-28-12-8-6-10-24(28)34(26,3)4/h5-18H,1-4H3. The van der Waals surface area contributed by atoms with Gasteiger partial charge in [-0.25, -0.2) is 0 Å². The van der Waals surface area contributed by atoms with Crippen LogP contribution in [0.4, 0.5) is 0 Å². The van der Waals surface area contributed by atoms with Crippen molar-refractivity contribution in [2.75, 3.05) is 0 Å². The second-order valence-corrected chi connectivity index (χ2v) is 11.4. The van der Waals surface area contributed by atoms with Crippen molar-refractivity contribution in [1.82, 2.24) is 0 Å². The third-order valence-electron chi connectivity index (χ3n) is 8.69. The summed E-state index contributed by atoms with van der Waals surface area (Å²) in [5, 5.41) is 7.32. The molecule has 0 unspecified atom stereocenters. The molecule has 0 aliphatic carbocycles. The normalized spacial score (nSPS) is 16.7. The van der Waals surface area contributed by atoms with E-state index in [0.29, 0.717) is 0 Å². The van der Waals surface area contributed by atoms with Gasteiger partial charge in [0, 0.05) is 54.6 Å². The largest absolute Gasteiger partial charge is 0.456 e. The highest BCUT2D eigenvalue weighted by atomic mass is 16.5. The summed E-state index contributed by atoms with van der Waals surface area (Å²) in [6.45, 7) is 9.20. The molecule has 2 heterocycles. The Hall–Kier alpha value is -4.04. The molecular formula is C34H26O2. The summed E-state index contributed by atoms with van der Waals surface area (Å²) in [5.74, 6) is 3.85. The van der Waals surface area contributed by atoms with E-state index >= 15 is 0 Å². The highest BCUT2D eigenvalue weighted by Gasteiger charge is 2.38. The van der Waals surface area contributed by atoms with Gasteiger partial charge in [-0.2, -0.15) is 0 Å². The average Bonchev–Trinajstić information content (AvgIpc) is 2.88. The molecule has 2 heteroatoms. The van der Waals surface area contributed by atoms with Gasteiger partial charge in [-0.05, 0) is 47.2 Å². The zero-order valence-electron chi connectivity index (χ0n) is 20.9. The van der Waals surface area contributed by atoms with E-state index in [1.54, 1.807) is 0 Å². The number of hydrogen-bond donors (Lipinski definition) is 0. The van der Waals surface area contributed by atoms with E-state index < -0.39 is 0 Å². The quantitative estimate of drug-likeness (QED) is 0.208. The molecule has 2 aliphatic rings. The molecule has 2 aliphatic heterocycles. The van der Waals surface area contributed by atoms with Crippen LogP contribution in [-0.4, -0.2) is 0 Å². The fourth-order valence-electron chi connectivity index (χ4n) is 6.70. The van der Waals surface area contributed by atoms with Gasteiger partial charge in [0.25, 0.3) is 0 Å². The molecule has 2 nitrogen and oxygen atoms in total. The molecule has 6 aromatic carbocycles. The van der Waals surface area contributed by atoms with Crippen LogP contribution in [0.1, 0.15) is 49.9 Å². The molecule has 0 aromatic heterocycles. The Morgan fingerprint density at radius 1 is 0.472 bits per heavy atom. The maximum absolute atomic E-state index is 6.63. The number of hydrogen-bond acceptors (Lipinski definition) is 2. The van der Waals surface area contributed by atoms with Gasteiger partial charge in [0.2, 0.25) is 0 Å². The van der Waals surface area contributed by atoms with Gasteiger partial charge in [-0.1, -0.05) is 76.2 Å². The molecule has 0 saturated heterocycles. The van der Waals surface area contributed by atoms with E-state index in [9.17, 15) is 0 Å². The first-order chi connectivity index (χ1) is 17.4. The number of rotatable bonds is 0. The van der Waals surface area contributed by atoms with Crippen LogP contribution in [-0.2, 0) is 10.8 Å². The Balaban J connectivity index is 1.47. The lowest BCUT2D eigenvalue weighted by Crippen LogP contribution is -2.25. The summed E-state index contributed by atoms with van der Waals surface area (Å²) >= 11 is 0. The minimum Gasteiger partial charge on any atom is -0.456 e. The molecule has 0 amide bonds. The second kappa shape index (κ2) is 6.39. The number of para-hydroxylation sites is 2. The fraction of sp³-hybridized carbons (Fsp3) is 0.176. The summed E-state index contributed by atoms with van der Waals surface area (Å²) in [6, 6.07) is 30.6. The third-order valence-corrected chi connectivity index (χ3v) is 8.69. The average molecular weight is 467 g/mol. The molecular weight excluding hydrogens is 440 g/mol. The van der Waals surface area contributed by atoms with Gasteiger partial charge >= 0.3 is 0 Å². The van der Waals surface area contributed by atoms with Gasteiger partial charge in [0.15, 0.2) is 0 Å². The first-order valence-corrected chi connectivity index (χ1v) is 12.7. The number of fused-ring (bicyclic) bond motifs is 6. The molecule has 36 heavy (non-hydrogen) atoms. The topological polar surface area (TPSA) is 18.5 Å². The predicted octanol–water partition coefficient (Wildman–Crippen LogP) is 9.45. The zero-order chi connectivity index (χ0) is 24.4.